The highest BCUT2D eigenvalue weighted by atomic mass is 79.9. The molecule has 0 aromatic carbocycles. The molecular formula is C12H15BrN2S2. The molecule has 0 bridgehead atoms. The van der Waals surface area contributed by atoms with Gasteiger partial charge >= 0.3 is 0 Å². The topological polar surface area (TPSA) is 24.9 Å². The molecule has 2 nitrogen and oxygen atoms in total. The molecule has 1 N–H and O–H groups in total. The molecule has 0 saturated carbocycles. The largest absolute Gasteiger partial charge is 0.310 e. The van der Waals surface area contributed by atoms with Crippen LogP contribution in [0.25, 0.3) is 9.88 Å². The third-order valence-corrected chi connectivity index (χ3v) is 5.65. The van der Waals surface area contributed by atoms with Gasteiger partial charge in [-0.15, -0.1) is 22.7 Å². The third-order valence-electron chi connectivity index (χ3n) is 2.52. The number of rotatable bonds is 4. The molecule has 2 heterocycles. The fourth-order valence-electron chi connectivity index (χ4n) is 1.74. The Hall–Kier alpha value is -0.230. The van der Waals surface area contributed by atoms with Crippen molar-refractivity contribution in [3.8, 4) is 9.88 Å². The lowest BCUT2D eigenvalue weighted by molar-refractivity contribution is 0.603. The summed E-state index contributed by atoms with van der Waals surface area (Å²) in [6.07, 6.45) is 0. The molecule has 0 amide bonds. The zero-order valence-electron chi connectivity index (χ0n) is 10.1. The minimum atomic E-state index is 0.384. The van der Waals surface area contributed by atoms with Gasteiger partial charge in [-0.2, -0.15) is 0 Å². The molecule has 0 saturated heterocycles. The van der Waals surface area contributed by atoms with Crippen molar-refractivity contribution in [3.05, 3.63) is 26.5 Å². The monoisotopic (exact) mass is 330 g/mol. The Morgan fingerprint density at radius 1 is 1.41 bits per heavy atom. The van der Waals surface area contributed by atoms with Gasteiger partial charge in [0, 0.05) is 10.9 Å². The summed E-state index contributed by atoms with van der Waals surface area (Å²) in [7, 11) is 0. The normalized spacial score (nSPS) is 12.9. The van der Waals surface area contributed by atoms with Gasteiger partial charge in [-0.05, 0) is 48.5 Å². The lowest BCUT2D eigenvalue weighted by atomic mass is 10.2. The van der Waals surface area contributed by atoms with Gasteiger partial charge < -0.3 is 5.32 Å². The number of thiophene rings is 1. The van der Waals surface area contributed by atoms with E-state index in [1.165, 1.54) is 9.75 Å². The molecule has 0 radical (unpaired) electrons. The van der Waals surface area contributed by atoms with E-state index >= 15 is 0 Å². The van der Waals surface area contributed by atoms with Gasteiger partial charge in [0.05, 0.1) is 14.4 Å². The summed E-state index contributed by atoms with van der Waals surface area (Å²) in [5.74, 6) is 0. The summed E-state index contributed by atoms with van der Waals surface area (Å²) in [6.45, 7) is 7.40. The second-order valence-corrected chi connectivity index (χ2v) is 7.35. The first-order valence-electron chi connectivity index (χ1n) is 5.58. The van der Waals surface area contributed by atoms with Crippen LogP contribution in [0, 0.1) is 6.92 Å². The number of aryl methyl sites for hydroxylation is 1. The van der Waals surface area contributed by atoms with E-state index in [0.717, 1.165) is 21.0 Å². The molecule has 0 aliphatic rings. The van der Waals surface area contributed by atoms with Crippen LogP contribution in [-0.4, -0.2) is 11.5 Å². The van der Waals surface area contributed by atoms with Crippen molar-refractivity contribution < 1.29 is 0 Å². The zero-order valence-corrected chi connectivity index (χ0v) is 13.3. The molecule has 0 spiro atoms. The van der Waals surface area contributed by atoms with Gasteiger partial charge in [0.15, 0.2) is 0 Å². The summed E-state index contributed by atoms with van der Waals surface area (Å²) >= 11 is 7.01. The van der Waals surface area contributed by atoms with E-state index in [4.69, 9.17) is 0 Å². The Balaban J connectivity index is 2.30. The van der Waals surface area contributed by atoms with E-state index in [1.807, 2.05) is 0 Å². The van der Waals surface area contributed by atoms with E-state index in [9.17, 15) is 0 Å². The Kier molecular flexibility index (Phi) is 4.36. The zero-order chi connectivity index (χ0) is 12.4. The van der Waals surface area contributed by atoms with Gasteiger partial charge in [-0.1, -0.05) is 6.92 Å². The number of aromatic nitrogens is 1. The molecule has 1 atom stereocenters. The quantitative estimate of drug-likeness (QED) is 0.885. The van der Waals surface area contributed by atoms with Crippen LogP contribution in [-0.2, 0) is 0 Å². The molecule has 2 aromatic heterocycles. The van der Waals surface area contributed by atoms with Gasteiger partial charge in [0.1, 0.15) is 5.01 Å². The minimum Gasteiger partial charge on any atom is -0.310 e. The minimum absolute atomic E-state index is 0.384. The molecule has 17 heavy (non-hydrogen) atoms. The molecule has 0 aliphatic carbocycles. The van der Waals surface area contributed by atoms with Crippen LogP contribution in [0.5, 0.6) is 0 Å². The van der Waals surface area contributed by atoms with E-state index in [0.29, 0.717) is 6.04 Å². The average molecular weight is 331 g/mol. The van der Waals surface area contributed by atoms with Crippen molar-refractivity contribution in [3.63, 3.8) is 0 Å². The number of nitrogens with zero attached hydrogens (tertiary/aromatic N) is 1. The van der Waals surface area contributed by atoms with Crippen LogP contribution in [0.1, 0.15) is 30.5 Å². The molecule has 5 heteroatoms. The maximum absolute atomic E-state index is 4.67. The van der Waals surface area contributed by atoms with Gasteiger partial charge in [0.2, 0.25) is 0 Å². The predicted octanol–water partition coefficient (Wildman–Crippen LogP) is 4.61. The van der Waals surface area contributed by atoms with E-state index in [-0.39, 0.29) is 0 Å². The summed E-state index contributed by atoms with van der Waals surface area (Å²) in [4.78, 5) is 7.24. The average Bonchev–Trinajstić information content (AvgIpc) is 2.85. The van der Waals surface area contributed by atoms with Crippen LogP contribution >= 0.6 is 38.6 Å². The third kappa shape index (κ3) is 2.96. The second-order valence-electron chi connectivity index (χ2n) is 3.85. The van der Waals surface area contributed by atoms with Crippen molar-refractivity contribution in [1.82, 2.24) is 10.3 Å². The van der Waals surface area contributed by atoms with E-state index in [1.54, 1.807) is 22.7 Å². The Morgan fingerprint density at radius 3 is 2.76 bits per heavy atom. The van der Waals surface area contributed by atoms with Crippen molar-refractivity contribution in [1.29, 1.82) is 0 Å². The first-order chi connectivity index (χ1) is 8.11. The number of hydrogen-bond donors (Lipinski definition) is 1. The summed E-state index contributed by atoms with van der Waals surface area (Å²) in [6, 6.07) is 4.58. The Morgan fingerprint density at radius 2 is 2.18 bits per heavy atom. The maximum atomic E-state index is 4.67. The number of hydrogen-bond acceptors (Lipinski definition) is 4. The molecule has 92 valence electrons. The summed E-state index contributed by atoms with van der Waals surface area (Å²) in [5.41, 5.74) is 1.14. The molecular weight excluding hydrogens is 316 g/mol. The van der Waals surface area contributed by atoms with Gasteiger partial charge in [0.25, 0.3) is 0 Å². The number of halogens is 1. The van der Waals surface area contributed by atoms with Crippen molar-refractivity contribution in [2.75, 3.05) is 6.54 Å². The first-order valence-corrected chi connectivity index (χ1v) is 8.00. The standard InChI is InChI=1S/C12H15BrN2S2/c1-4-14-7(2)11-8(3)15-12(17-11)9-5-6-10(13)16-9/h5-7,14H,4H2,1-3H3. The fourth-order valence-corrected chi connectivity index (χ4v) is 4.28. The summed E-state index contributed by atoms with van der Waals surface area (Å²) in [5, 5.41) is 4.56. The maximum Gasteiger partial charge on any atom is 0.133 e. The summed E-state index contributed by atoms with van der Waals surface area (Å²) < 4.78 is 1.15. The lowest BCUT2D eigenvalue weighted by Gasteiger charge is -2.09. The highest BCUT2D eigenvalue weighted by Gasteiger charge is 2.15. The first kappa shape index (κ1) is 13.2. The van der Waals surface area contributed by atoms with Gasteiger partial charge in [-0.25, -0.2) is 4.98 Å². The Bertz CT molecular complexity index is 504. The van der Waals surface area contributed by atoms with Crippen LogP contribution in [0.3, 0.4) is 0 Å². The smallest absolute Gasteiger partial charge is 0.133 e. The molecule has 2 aromatic rings. The van der Waals surface area contributed by atoms with Crippen molar-refractivity contribution >= 4 is 38.6 Å². The van der Waals surface area contributed by atoms with E-state index in [2.05, 4.69) is 59.1 Å². The second kappa shape index (κ2) is 5.61. The van der Waals surface area contributed by atoms with Crippen LogP contribution in [0.15, 0.2) is 15.9 Å². The van der Waals surface area contributed by atoms with Gasteiger partial charge in [-0.3, -0.25) is 0 Å². The molecule has 0 aliphatic heterocycles. The van der Waals surface area contributed by atoms with Crippen LogP contribution in [0.2, 0.25) is 0 Å². The predicted molar refractivity (Wildman–Crippen MR) is 80.0 cm³/mol. The molecule has 0 fully saturated rings. The number of nitrogens with one attached hydrogen (secondary N) is 1. The van der Waals surface area contributed by atoms with Crippen LogP contribution < -0.4 is 5.32 Å². The number of thiazole rings is 1. The SMILES string of the molecule is CCNC(C)c1sc(-c2ccc(Br)s2)nc1C. The van der Waals surface area contributed by atoms with E-state index < -0.39 is 0 Å². The highest BCUT2D eigenvalue weighted by molar-refractivity contribution is 9.11. The highest BCUT2D eigenvalue weighted by Crippen LogP contribution is 2.36. The van der Waals surface area contributed by atoms with Crippen LogP contribution in [0.4, 0.5) is 0 Å². The lowest BCUT2D eigenvalue weighted by Crippen LogP contribution is -2.17. The Labute approximate surface area is 118 Å². The van der Waals surface area contributed by atoms with Crippen molar-refractivity contribution in [2.24, 2.45) is 0 Å². The fraction of sp³-hybridized carbons (Fsp3) is 0.417. The van der Waals surface area contributed by atoms with Crippen molar-refractivity contribution in [2.45, 2.75) is 26.8 Å². The molecule has 1 unspecified atom stereocenters. The molecule has 2 rings (SSSR count).